The Morgan fingerprint density at radius 3 is 2.44 bits per heavy atom. The lowest BCUT2D eigenvalue weighted by atomic mass is 10.0. The number of hydrogen-bond acceptors (Lipinski definition) is 2. The molecule has 1 amide bonds. The third kappa shape index (κ3) is 5.25. The monoisotopic (exact) mass is 266 g/mol. The first kappa shape index (κ1) is 15.3. The summed E-state index contributed by atoms with van der Waals surface area (Å²) in [7, 11) is 0. The Kier molecular flexibility index (Phi) is 5.01. The van der Waals surface area contributed by atoms with Crippen LogP contribution in [-0.2, 0) is 4.79 Å². The van der Waals surface area contributed by atoms with Crippen LogP contribution in [0.3, 0.4) is 0 Å². The summed E-state index contributed by atoms with van der Waals surface area (Å²) in [6, 6.07) is -0.582. The van der Waals surface area contributed by atoms with Crippen molar-refractivity contribution in [1.29, 1.82) is 0 Å². The molecule has 1 aliphatic carbocycles. The van der Waals surface area contributed by atoms with Crippen molar-refractivity contribution < 1.29 is 18.0 Å². The molecule has 0 aliphatic heterocycles. The lowest BCUT2D eigenvalue weighted by molar-refractivity contribution is -0.139. The van der Waals surface area contributed by atoms with E-state index in [0.717, 1.165) is 25.7 Å². The number of amides is 1. The minimum atomic E-state index is -4.35. The van der Waals surface area contributed by atoms with Gasteiger partial charge in [-0.15, -0.1) is 0 Å². The molecule has 1 unspecified atom stereocenters. The molecule has 1 rings (SSSR count). The Hall–Kier alpha value is -0.780. The van der Waals surface area contributed by atoms with Crippen molar-refractivity contribution in [2.24, 2.45) is 5.41 Å². The summed E-state index contributed by atoms with van der Waals surface area (Å²) in [4.78, 5) is 11.4. The smallest absolute Gasteiger partial charge is 0.346 e. The highest BCUT2D eigenvalue weighted by Crippen LogP contribution is 2.48. The lowest BCUT2D eigenvalue weighted by Gasteiger charge is -2.19. The van der Waals surface area contributed by atoms with Crippen LogP contribution < -0.4 is 10.6 Å². The van der Waals surface area contributed by atoms with E-state index in [1.807, 2.05) is 5.32 Å². The molecule has 1 saturated carbocycles. The molecule has 0 spiro atoms. The van der Waals surface area contributed by atoms with Gasteiger partial charge in [-0.2, -0.15) is 13.2 Å². The molecule has 0 bridgehead atoms. The van der Waals surface area contributed by atoms with Gasteiger partial charge in [0.2, 0.25) is 5.91 Å². The number of hydrogen-bond donors (Lipinski definition) is 2. The molecular weight excluding hydrogens is 245 g/mol. The van der Waals surface area contributed by atoms with Crippen molar-refractivity contribution in [3.63, 3.8) is 0 Å². The molecule has 6 heteroatoms. The Bertz CT molecular complexity index is 288. The highest BCUT2D eigenvalue weighted by molar-refractivity contribution is 5.81. The summed E-state index contributed by atoms with van der Waals surface area (Å²) in [6.07, 6.45) is 0.137. The zero-order valence-electron chi connectivity index (χ0n) is 10.9. The van der Waals surface area contributed by atoms with Gasteiger partial charge in [-0.1, -0.05) is 13.3 Å². The number of rotatable bonds is 7. The van der Waals surface area contributed by atoms with E-state index in [-0.39, 0.29) is 5.41 Å². The van der Waals surface area contributed by atoms with E-state index in [2.05, 4.69) is 12.2 Å². The van der Waals surface area contributed by atoms with Gasteiger partial charge in [0.05, 0.1) is 6.04 Å². The van der Waals surface area contributed by atoms with Crippen molar-refractivity contribution in [2.45, 2.75) is 51.7 Å². The van der Waals surface area contributed by atoms with Crippen LogP contribution in [0, 0.1) is 5.41 Å². The summed E-state index contributed by atoms with van der Waals surface area (Å²) < 4.78 is 35.8. The second-order valence-corrected chi connectivity index (χ2v) is 5.19. The maximum Gasteiger partial charge on any atom is 0.405 e. The van der Waals surface area contributed by atoms with Gasteiger partial charge < -0.3 is 10.6 Å². The average molecular weight is 266 g/mol. The van der Waals surface area contributed by atoms with E-state index < -0.39 is 24.7 Å². The van der Waals surface area contributed by atoms with E-state index in [1.54, 1.807) is 6.92 Å². The molecule has 0 aromatic carbocycles. The van der Waals surface area contributed by atoms with Gasteiger partial charge in [0.15, 0.2) is 0 Å². The van der Waals surface area contributed by atoms with Crippen molar-refractivity contribution in [3.8, 4) is 0 Å². The average Bonchev–Trinajstić information content (AvgIpc) is 3.02. The first-order valence-electron chi connectivity index (χ1n) is 6.36. The summed E-state index contributed by atoms with van der Waals surface area (Å²) in [5.74, 6) is -0.598. The number of nitrogens with one attached hydrogen (secondary N) is 2. The van der Waals surface area contributed by atoms with Crippen LogP contribution in [-0.4, -0.2) is 31.2 Å². The van der Waals surface area contributed by atoms with Crippen LogP contribution in [0.2, 0.25) is 0 Å². The number of carbonyl (C=O) groups is 1. The molecule has 18 heavy (non-hydrogen) atoms. The van der Waals surface area contributed by atoms with Gasteiger partial charge in [0.1, 0.15) is 6.54 Å². The number of carbonyl (C=O) groups excluding carboxylic acids is 1. The molecule has 1 atom stereocenters. The third-order valence-corrected chi connectivity index (χ3v) is 3.38. The van der Waals surface area contributed by atoms with Gasteiger partial charge >= 0.3 is 6.18 Å². The Labute approximate surface area is 106 Å². The number of halogens is 3. The maximum absolute atomic E-state index is 11.9. The first-order valence-corrected chi connectivity index (χ1v) is 6.36. The Balaban J connectivity index is 2.24. The van der Waals surface area contributed by atoms with Crippen molar-refractivity contribution in [1.82, 2.24) is 10.6 Å². The minimum absolute atomic E-state index is 0.285. The van der Waals surface area contributed by atoms with Gasteiger partial charge in [0, 0.05) is 6.54 Å². The van der Waals surface area contributed by atoms with Crippen molar-refractivity contribution >= 4 is 5.91 Å². The molecule has 3 nitrogen and oxygen atoms in total. The topological polar surface area (TPSA) is 41.1 Å². The molecule has 106 valence electrons. The van der Waals surface area contributed by atoms with E-state index in [0.29, 0.717) is 6.54 Å². The highest BCUT2D eigenvalue weighted by Gasteiger charge is 2.41. The van der Waals surface area contributed by atoms with Crippen molar-refractivity contribution in [3.05, 3.63) is 0 Å². The SMILES string of the molecule is CCCC1(CNC(C)C(=O)NCC(F)(F)F)CC1. The summed E-state index contributed by atoms with van der Waals surface area (Å²) >= 11 is 0. The van der Waals surface area contributed by atoms with Gasteiger partial charge in [-0.3, -0.25) is 4.79 Å². The third-order valence-electron chi connectivity index (χ3n) is 3.38. The van der Waals surface area contributed by atoms with E-state index in [9.17, 15) is 18.0 Å². The molecule has 0 heterocycles. The fourth-order valence-corrected chi connectivity index (χ4v) is 2.03. The fourth-order valence-electron chi connectivity index (χ4n) is 2.03. The second-order valence-electron chi connectivity index (χ2n) is 5.19. The van der Waals surface area contributed by atoms with Gasteiger partial charge in [0.25, 0.3) is 0 Å². The van der Waals surface area contributed by atoms with Gasteiger partial charge in [-0.05, 0) is 31.6 Å². The zero-order valence-corrected chi connectivity index (χ0v) is 10.9. The van der Waals surface area contributed by atoms with E-state index >= 15 is 0 Å². The molecule has 1 aliphatic rings. The minimum Gasteiger partial charge on any atom is -0.346 e. The molecule has 0 aromatic rings. The summed E-state index contributed by atoms with van der Waals surface area (Å²) in [5, 5.41) is 4.91. The molecule has 1 fully saturated rings. The number of alkyl halides is 3. The predicted molar refractivity (Wildman–Crippen MR) is 63.1 cm³/mol. The normalized spacial score (nSPS) is 19.4. The second kappa shape index (κ2) is 5.91. The molecule has 2 N–H and O–H groups in total. The highest BCUT2D eigenvalue weighted by atomic mass is 19.4. The molecule has 0 aromatic heterocycles. The Morgan fingerprint density at radius 2 is 2.00 bits per heavy atom. The molecular formula is C12H21F3N2O. The van der Waals surface area contributed by atoms with Crippen LogP contribution in [0.1, 0.15) is 39.5 Å². The van der Waals surface area contributed by atoms with E-state index in [1.165, 1.54) is 0 Å². The van der Waals surface area contributed by atoms with Crippen LogP contribution >= 0.6 is 0 Å². The van der Waals surface area contributed by atoms with Crippen LogP contribution in [0.4, 0.5) is 13.2 Å². The predicted octanol–water partition coefficient (Wildman–Crippen LogP) is 2.22. The summed E-state index contributed by atoms with van der Waals surface area (Å²) in [5.41, 5.74) is 0.285. The first-order chi connectivity index (χ1) is 8.28. The largest absolute Gasteiger partial charge is 0.405 e. The van der Waals surface area contributed by atoms with E-state index in [4.69, 9.17) is 0 Å². The van der Waals surface area contributed by atoms with Crippen LogP contribution in [0.25, 0.3) is 0 Å². The van der Waals surface area contributed by atoms with Crippen LogP contribution in [0.5, 0.6) is 0 Å². The van der Waals surface area contributed by atoms with Gasteiger partial charge in [-0.25, -0.2) is 0 Å². The standard InChI is InChI=1S/C12H21F3N2O/c1-3-4-11(5-6-11)7-16-9(2)10(18)17-8-12(13,14)15/h9,16H,3-8H2,1-2H3,(H,17,18). The fraction of sp³-hybridized carbons (Fsp3) is 0.917. The molecule has 0 radical (unpaired) electrons. The quantitative estimate of drug-likeness (QED) is 0.742. The summed E-state index contributed by atoms with van der Waals surface area (Å²) in [6.45, 7) is 3.15. The maximum atomic E-state index is 11.9. The Morgan fingerprint density at radius 1 is 1.39 bits per heavy atom. The molecule has 0 saturated heterocycles. The van der Waals surface area contributed by atoms with Crippen LogP contribution in [0.15, 0.2) is 0 Å². The lowest BCUT2D eigenvalue weighted by Crippen LogP contribution is -2.46. The van der Waals surface area contributed by atoms with Crippen molar-refractivity contribution in [2.75, 3.05) is 13.1 Å². The zero-order chi connectivity index (χ0) is 13.8.